The Bertz CT molecular complexity index is 345. The quantitative estimate of drug-likeness (QED) is 0.778. The fourth-order valence-electron chi connectivity index (χ4n) is 2.39. The molecule has 1 aliphatic rings. The van der Waals surface area contributed by atoms with Crippen LogP contribution >= 0.6 is 0 Å². The number of pyridine rings is 1. The summed E-state index contributed by atoms with van der Waals surface area (Å²) in [5, 5.41) is 12.6. The van der Waals surface area contributed by atoms with Gasteiger partial charge in [0.2, 0.25) is 0 Å². The minimum Gasteiger partial charge on any atom is -0.506 e. The SMILES string of the molecule is CN1CCC(CCNCc2ccc(O)cn2)CC1. The molecule has 1 aliphatic heterocycles. The van der Waals surface area contributed by atoms with Crippen molar-refractivity contribution in [2.45, 2.75) is 25.8 Å². The minimum absolute atomic E-state index is 0.227. The van der Waals surface area contributed by atoms with E-state index in [0.29, 0.717) is 0 Å². The third-order valence-corrected chi connectivity index (χ3v) is 3.68. The molecule has 100 valence electrons. The summed E-state index contributed by atoms with van der Waals surface area (Å²) in [6.07, 6.45) is 5.41. The van der Waals surface area contributed by atoms with E-state index in [0.717, 1.165) is 24.7 Å². The van der Waals surface area contributed by atoms with Crippen LogP contribution in [0, 0.1) is 5.92 Å². The Hall–Kier alpha value is -1.13. The maximum absolute atomic E-state index is 9.13. The molecule has 2 N–H and O–H groups in total. The van der Waals surface area contributed by atoms with E-state index in [4.69, 9.17) is 5.11 Å². The van der Waals surface area contributed by atoms with Crippen LogP contribution in [0.2, 0.25) is 0 Å². The number of piperidine rings is 1. The lowest BCUT2D eigenvalue weighted by Crippen LogP contribution is -2.31. The van der Waals surface area contributed by atoms with Crippen LogP contribution in [0.5, 0.6) is 5.75 Å². The lowest BCUT2D eigenvalue weighted by Gasteiger charge is -2.28. The fourth-order valence-corrected chi connectivity index (χ4v) is 2.39. The van der Waals surface area contributed by atoms with E-state index < -0.39 is 0 Å². The molecule has 18 heavy (non-hydrogen) atoms. The van der Waals surface area contributed by atoms with Crippen LogP contribution in [0.25, 0.3) is 0 Å². The van der Waals surface area contributed by atoms with Gasteiger partial charge in [0.1, 0.15) is 5.75 Å². The summed E-state index contributed by atoms with van der Waals surface area (Å²) in [4.78, 5) is 6.56. The van der Waals surface area contributed by atoms with Gasteiger partial charge in [0.05, 0.1) is 11.9 Å². The zero-order valence-corrected chi connectivity index (χ0v) is 11.1. The zero-order valence-electron chi connectivity index (χ0n) is 11.1. The van der Waals surface area contributed by atoms with Gasteiger partial charge in [-0.2, -0.15) is 0 Å². The molecule has 0 atom stereocenters. The molecule has 0 radical (unpaired) electrons. The van der Waals surface area contributed by atoms with Crippen LogP contribution < -0.4 is 5.32 Å². The second kappa shape index (κ2) is 6.71. The third kappa shape index (κ3) is 4.27. The first kappa shape index (κ1) is 13.3. The number of nitrogens with zero attached hydrogens (tertiary/aromatic N) is 2. The van der Waals surface area contributed by atoms with Gasteiger partial charge in [0.25, 0.3) is 0 Å². The molecular weight excluding hydrogens is 226 g/mol. The summed E-state index contributed by atoms with van der Waals surface area (Å²) in [6, 6.07) is 3.54. The molecule has 0 bridgehead atoms. The Labute approximate surface area is 109 Å². The van der Waals surface area contributed by atoms with E-state index in [-0.39, 0.29) is 5.75 Å². The zero-order chi connectivity index (χ0) is 12.8. The fraction of sp³-hybridized carbons (Fsp3) is 0.643. The highest BCUT2D eigenvalue weighted by Gasteiger charge is 2.15. The van der Waals surface area contributed by atoms with E-state index in [2.05, 4.69) is 22.2 Å². The van der Waals surface area contributed by atoms with Crippen molar-refractivity contribution in [2.24, 2.45) is 5.92 Å². The van der Waals surface area contributed by atoms with Crippen molar-refractivity contribution in [1.82, 2.24) is 15.2 Å². The van der Waals surface area contributed by atoms with Gasteiger partial charge in [-0.25, -0.2) is 0 Å². The molecule has 0 unspecified atom stereocenters. The van der Waals surface area contributed by atoms with Gasteiger partial charge in [-0.1, -0.05) is 0 Å². The van der Waals surface area contributed by atoms with Gasteiger partial charge in [-0.15, -0.1) is 0 Å². The molecule has 2 heterocycles. The van der Waals surface area contributed by atoms with Gasteiger partial charge in [0.15, 0.2) is 0 Å². The van der Waals surface area contributed by atoms with E-state index in [1.54, 1.807) is 6.07 Å². The summed E-state index contributed by atoms with van der Waals surface area (Å²) in [6.45, 7) is 4.32. The lowest BCUT2D eigenvalue weighted by molar-refractivity contribution is 0.211. The monoisotopic (exact) mass is 249 g/mol. The van der Waals surface area contributed by atoms with Crippen LogP contribution in [0.15, 0.2) is 18.3 Å². The Morgan fingerprint density at radius 1 is 1.39 bits per heavy atom. The first-order valence-corrected chi connectivity index (χ1v) is 6.77. The average molecular weight is 249 g/mol. The maximum Gasteiger partial charge on any atom is 0.133 e. The number of hydrogen-bond donors (Lipinski definition) is 2. The number of aromatic hydroxyl groups is 1. The summed E-state index contributed by atoms with van der Waals surface area (Å²) in [5.74, 6) is 1.10. The molecule has 4 heteroatoms. The highest BCUT2D eigenvalue weighted by Crippen LogP contribution is 2.18. The van der Waals surface area contributed by atoms with Crippen molar-refractivity contribution in [1.29, 1.82) is 0 Å². The van der Waals surface area contributed by atoms with Crippen LogP contribution in [-0.4, -0.2) is 41.7 Å². The van der Waals surface area contributed by atoms with E-state index in [1.165, 1.54) is 38.5 Å². The molecule has 1 aromatic rings. The average Bonchev–Trinajstić information content (AvgIpc) is 2.39. The van der Waals surface area contributed by atoms with Gasteiger partial charge < -0.3 is 15.3 Å². The second-order valence-electron chi connectivity index (χ2n) is 5.22. The molecule has 0 amide bonds. The predicted molar refractivity (Wildman–Crippen MR) is 72.4 cm³/mol. The molecule has 0 saturated carbocycles. The molecule has 0 aromatic carbocycles. The minimum atomic E-state index is 0.227. The topological polar surface area (TPSA) is 48.4 Å². The molecule has 1 aromatic heterocycles. The lowest BCUT2D eigenvalue weighted by atomic mass is 9.94. The molecule has 0 aliphatic carbocycles. The largest absolute Gasteiger partial charge is 0.506 e. The second-order valence-corrected chi connectivity index (χ2v) is 5.22. The summed E-state index contributed by atoms with van der Waals surface area (Å²) < 4.78 is 0. The first-order chi connectivity index (χ1) is 8.74. The molecule has 1 saturated heterocycles. The number of likely N-dealkylation sites (tertiary alicyclic amines) is 1. The maximum atomic E-state index is 9.13. The van der Waals surface area contributed by atoms with E-state index >= 15 is 0 Å². The van der Waals surface area contributed by atoms with Crippen LogP contribution in [0.4, 0.5) is 0 Å². The standard InChI is InChI=1S/C14H23N3O/c1-17-8-5-12(6-9-17)4-7-15-10-13-2-3-14(18)11-16-13/h2-3,11-12,15,18H,4-10H2,1H3. The summed E-state index contributed by atoms with van der Waals surface area (Å²) in [7, 11) is 2.20. The highest BCUT2D eigenvalue weighted by atomic mass is 16.3. The van der Waals surface area contributed by atoms with Crippen LogP contribution in [0.3, 0.4) is 0 Å². The molecule has 4 nitrogen and oxygen atoms in total. The van der Waals surface area contributed by atoms with Gasteiger partial charge in [-0.05, 0) is 64.0 Å². The van der Waals surface area contributed by atoms with Crippen LogP contribution in [-0.2, 0) is 6.54 Å². The Kier molecular flexibility index (Phi) is 4.96. The number of nitrogens with one attached hydrogen (secondary N) is 1. The first-order valence-electron chi connectivity index (χ1n) is 6.77. The Morgan fingerprint density at radius 2 is 2.17 bits per heavy atom. The molecule has 2 rings (SSSR count). The molecular formula is C14H23N3O. The molecule has 1 fully saturated rings. The number of hydrogen-bond acceptors (Lipinski definition) is 4. The Morgan fingerprint density at radius 3 is 2.83 bits per heavy atom. The summed E-state index contributed by atoms with van der Waals surface area (Å²) in [5.41, 5.74) is 0.983. The van der Waals surface area contributed by atoms with Crippen molar-refractivity contribution in [3.63, 3.8) is 0 Å². The predicted octanol–water partition coefficient (Wildman–Crippen LogP) is 1.61. The van der Waals surface area contributed by atoms with Gasteiger partial charge in [-0.3, -0.25) is 4.98 Å². The normalized spacial score (nSPS) is 18.1. The van der Waals surface area contributed by atoms with E-state index in [1.807, 2.05) is 6.07 Å². The number of rotatable bonds is 5. The summed E-state index contributed by atoms with van der Waals surface area (Å²) >= 11 is 0. The van der Waals surface area contributed by atoms with E-state index in [9.17, 15) is 0 Å². The third-order valence-electron chi connectivity index (χ3n) is 3.68. The van der Waals surface area contributed by atoms with Crippen molar-refractivity contribution in [2.75, 3.05) is 26.7 Å². The van der Waals surface area contributed by atoms with Crippen LogP contribution in [0.1, 0.15) is 25.0 Å². The van der Waals surface area contributed by atoms with Crippen molar-refractivity contribution in [3.05, 3.63) is 24.0 Å². The van der Waals surface area contributed by atoms with Crippen molar-refractivity contribution < 1.29 is 5.11 Å². The van der Waals surface area contributed by atoms with Gasteiger partial charge >= 0.3 is 0 Å². The van der Waals surface area contributed by atoms with Crippen molar-refractivity contribution in [3.8, 4) is 5.75 Å². The smallest absolute Gasteiger partial charge is 0.133 e. The Balaban J connectivity index is 1.60. The highest BCUT2D eigenvalue weighted by molar-refractivity contribution is 5.17. The van der Waals surface area contributed by atoms with Crippen molar-refractivity contribution >= 4 is 0 Å². The number of aromatic nitrogens is 1. The van der Waals surface area contributed by atoms with Gasteiger partial charge in [0, 0.05) is 6.54 Å². The molecule has 0 spiro atoms.